The predicted molar refractivity (Wildman–Crippen MR) is 83.5 cm³/mol. The molecule has 0 unspecified atom stereocenters. The summed E-state index contributed by atoms with van der Waals surface area (Å²) >= 11 is 6.11. The van der Waals surface area contributed by atoms with Crippen LogP contribution in [0.1, 0.15) is 18.1 Å². The van der Waals surface area contributed by atoms with Crippen LogP contribution in [0.3, 0.4) is 0 Å². The van der Waals surface area contributed by atoms with Crippen LogP contribution in [0.2, 0.25) is 5.02 Å². The van der Waals surface area contributed by atoms with Crippen molar-refractivity contribution in [3.8, 4) is 5.75 Å². The van der Waals surface area contributed by atoms with Gasteiger partial charge in [-0.05, 0) is 36.2 Å². The zero-order valence-electron chi connectivity index (χ0n) is 11.3. The Morgan fingerprint density at radius 1 is 1.20 bits per heavy atom. The van der Waals surface area contributed by atoms with Gasteiger partial charge < -0.3 is 10.2 Å². The highest BCUT2D eigenvalue weighted by Crippen LogP contribution is 2.24. The summed E-state index contributed by atoms with van der Waals surface area (Å²) in [4.78, 5) is 0. The van der Waals surface area contributed by atoms with Crippen LogP contribution in [-0.4, -0.2) is 12.8 Å². The first kappa shape index (κ1) is 14.4. The van der Waals surface area contributed by atoms with Crippen molar-refractivity contribution in [2.45, 2.75) is 13.5 Å². The topological polar surface area (TPSA) is 33.6 Å². The number of rotatable bonds is 6. The standard InChI is InChI=1S/C16H17ClN2O/c1-2-20-16-9-8-14(10-15(16)17)12-19-18-11-13-6-4-3-5-7-13/h3-10,12,18H,2,11H2,1H3. The second kappa shape index (κ2) is 7.56. The molecule has 0 bridgehead atoms. The number of hydrogen-bond donors (Lipinski definition) is 1. The molecule has 2 aromatic carbocycles. The van der Waals surface area contributed by atoms with Gasteiger partial charge in [0, 0.05) is 0 Å². The van der Waals surface area contributed by atoms with Gasteiger partial charge in [0.25, 0.3) is 0 Å². The van der Waals surface area contributed by atoms with E-state index in [1.165, 1.54) is 5.56 Å². The monoisotopic (exact) mass is 288 g/mol. The van der Waals surface area contributed by atoms with Gasteiger partial charge in [-0.25, -0.2) is 0 Å². The van der Waals surface area contributed by atoms with Gasteiger partial charge >= 0.3 is 0 Å². The molecule has 0 heterocycles. The van der Waals surface area contributed by atoms with Crippen LogP contribution in [0, 0.1) is 0 Å². The number of nitrogens with one attached hydrogen (secondary N) is 1. The van der Waals surface area contributed by atoms with Crippen molar-refractivity contribution in [3.05, 3.63) is 64.7 Å². The Morgan fingerprint density at radius 2 is 2.00 bits per heavy atom. The molecule has 20 heavy (non-hydrogen) atoms. The van der Waals surface area contributed by atoms with E-state index in [4.69, 9.17) is 16.3 Å². The molecule has 0 spiro atoms. The third-order valence-electron chi connectivity index (χ3n) is 2.69. The molecule has 0 aromatic heterocycles. The second-order valence-corrected chi connectivity index (χ2v) is 4.61. The van der Waals surface area contributed by atoms with Gasteiger partial charge in [0.15, 0.2) is 0 Å². The fourth-order valence-electron chi connectivity index (χ4n) is 1.72. The molecule has 0 aliphatic carbocycles. The summed E-state index contributed by atoms with van der Waals surface area (Å²) in [5, 5.41) is 4.78. The Morgan fingerprint density at radius 3 is 2.70 bits per heavy atom. The van der Waals surface area contributed by atoms with Crippen LogP contribution >= 0.6 is 11.6 Å². The lowest BCUT2D eigenvalue weighted by Crippen LogP contribution is -2.05. The van der Waals surface area contributed by atoms with E-state index in [9.17, 15) is 0 Å². The summed E-state index contributed by atoms with van der Waals surface area (Å²) in [6, 6.07) is 15.7. The average molecular weight is 289 g/mol. The number of ether oxygens (including phenoxy) is 1. The maximum atomic E-state index is 6.11. The maximum Gasteiger partial charge on any atom is 0.137 e. The van der Waals surface area contributed by atoms with Crippen LogP contribution in [-0.2, 0) is 6.54 Å². The van der Waals surface area contributed by atoms with Crippen molar-refractivity contribution in [2.24, 2.45) is 5.10 Å². The third kappa shape index (κ3) is 4.28. The van der Waals surface area contributed by atoms with Gasteiger partial charge in [-0.3, -0.25) is 0 Å². The molecule has 0 saturated carbocycles. The van der Waals surface area contributed by atoms with E-state index >= 15 is 0 Å². The van der Waals surface area contributed by atoms with E-state index in [-0.39, 0.29) is 0 Å². The van der Waals surface area contributed by atoms with E-state index in [0.717, 1.165) is 5.56 Å². The molecule has 104 valence electrons. The highest BCUT2D eigenvalue weighted by molar-refractivity contribution is 6.32. The molecule has 0 atom stereocenters. The lowest BCUT2D eigenvalue weighted by Gasteiger charge is -2.05. The molecular formula is C16H17ClN2O. The largest absolute Gasteiger partial charge is 0.492 e. The van der Waals surface area contributed by atoms with Crippen molar-refractivity contribution in [1.82, 2.24) is 5.43 Å². The molecule has 4 heteroatoms. The Bertz CT molecular complexity index is 570. The third-order valence-corrected chi connectivity index (χ3v) is 2.98. The van der Waals surface area contributed by atoms with Crippen LogP contribution in [0.15, 0.2) is 53.6 Å². The zero-order chi connectivity index (χ0) is 14.2. The van der Waals surface area contributed by atoms with Crippen LogP contribution < -0.4 is 10.2 Å². The summed E-state index contributed by atoms with van der Waals surface area (Å²) in [6.07, 6.45) is 1.74. The molecule has 0 fully saturated rings. The Balaban J connectivity index is 1.90. The molecule has 2 aromatic rings. The van der Waals surface area contributed by atoms with Crippen molar-refractivity contribution in [1.29, 1.82) is 0 Å². The van der Waals surface area contributed by atoms with E-state index in [2.05, 4.69) is 22.7 Å². The summed E-state index contributed by atoms with van der Waals surface area (Å²) in [5.41, 5.74) is 5.12. The van der Waals surface area contributed by atoms with Crippen molar-refractivity contribution >= 4 is 17.8 Å². The fraction of sp³-hybridized carbons (Fsp3) is 0.188. The highest BCUT2D eigenvalue weighted by atomic mass is 35.5. The Kier molecular flexibility index (Phi) is 5.44. The molecular weight excluding hydrogens is 272 g/mol. The second-order valence-electron chi connectivity index (χ2n) is 4.20. The van der Waals surface area contributed by atoms with Gasteiger partial charge in [-0.2, -0.15) is 5.10 Å². The molecule has 0 amide bonds. The minimum Gasteiger partial charge on any atom is -0.492 e. The summed E-state index contributed by atoms with van der Waals surface area (Å²) in [6.45, 7) is 3.23. The highest BCUT2D eigenvalue weighted by Gasteiger charge is 2.00. The molecule has 0 saturated heterocycles. The lowest BCUT2D eigenvalue weighted by atomic mass is 10.2. The van der Waals surface area contributed by atoms with Gasteiger partial charge in [-0.15, -0.1) is 0 Å². The van der Waals surface area contributed by atoms with Gasteiger partial charge in [0.05, 0.1) is 24.4 Å². The van der Waals surface area contributed by atoms with Gasteiger partial charge in [0.1, 0.15) is 5.75 Å². The number of hydrazone groups is 1. The number of halogens is 1. The van der Waals surface area contributed by atoms with Crippen LogP contribution in [0.25, 0.3) is 0 Å². The van der Waals surface area contributed by atoms with Crippen LogP contribution in [0.4, 0.5) is 0 Å². The zero-order valence-corrected chi connectivity index (χ0v) is 12.1. The van der Waals surface area contributed by atoms with E-state index in [0.29, 0.717) is 23.9 Å². The summed E-state index contributed by atoms with van der Waals surface area (Å²) in [7, 11) is 0. The molecule has 1 N–H and O–H groups in total. The number of benzene rings is 2. The first-order valence-corrected chi connectivity index (χ1v) is 6.89. The van der Waals surface area contributed by atoms with Crippen molar-refractivity contribution < 1.29 is 4.74 Å². The van der Waals surface area contributed by atoms with Crippen LogP contribution in [0.5, 0.6) is 5.75 Å². The van der Waals surface area contributed by atoms with E-state index in [1.54, 1.807) is 6.21 Å². The number of hydrogen-bond acceptors (Lipinski definition) is 3. The van der Waals surface area contributed by atoms with Crippen molar-refractivity contribution in [2.75, 3.05) is 6.61 Å². The molecule has 0 aliphatic heterocycles. The molecule has 3 nitrogen and oxygen atoms in total. The fourth-order valence-corrected chi connectivity index (χ4v) is 1.97. The predicted octanol–water partition coefficient (Wildman–Crippen LogP) is 3.86. The first-order valence-electron chi connectivity index (χ1n) is 6.52. The average Bonchev–Trinajstić information content (AvgIpc) is 2.48. The SMILES string of the molecule is CCOc1ccc(C=NNCc2ccccc2)cc1Cl. The summed E-state index contributed by atoms with van der Waals surface area (Å²) < 4.78 is 5.38. The maximum absolute atomic E-state index is 6.11. The van der Waals surface area contributed by atoms with Crippen molar-refractivity contribution in [3.63, 3.8) is 0 Å². The van der Waals surface area contributed by atoms with E-state index in [1.807, 2.05) is 43.3 Å². The number of nitrogens with zero attached hydrogens (tertiary/aromatic N) is 1. The van der Waals surface area contributed by atoms with Gasteiger partial charge in [-0.1, -0.05) is 41.9 Å². The summed E-state index contributed by atoms with van der Waals surface area (Å²) in [5.74, 6) is 0.698. The van der Waals surface area contributed by atoms with E-state index < -0.39 is 0 Å². The molecule has 2 rings (SSSR count). The quantitative estimate of drug-likeness (QED) is 0.647. The first-order chi connectivity index (χ1) is 9.79. The lowest BCUT2D eigenvalue weighted by molar-refractivity contribution is 0.340. The van der Waals surface area contributed by atoms with Gasteiger partial charge in [0.2, 0.25) is 0 Å². The smallest absolute Gasteiger partial charge is 0.137 e. The normalized spacial score (nSPS) is 10.7. The minimum atomic E-state index is 0.596. The molecule has 0 radical (unpaired) electrons. The minimum absolute atomic E-state index is 0.596. The Hall–Kier alpha value is -2.00. The Labute approximate surface area is 124 Å². The molecule has 0 aliphatic rings.